The molecule has 5 heteroatoms. The fourth-order valence-electron chi connectivity index (χ4n) is 2.18. The van der Waals surface area contributed by atoms with Crippen molar-refractivity contribution in [1.29, 1.82) is 0 Å². The lowest BCUT2D eigenvalue weighted by molar-refractivity contribution is 0.348. The lowest BCUT2D eigenvalue weighted by Gasteiger charge is -2.15. The molecule has 1 aliphatic heterocycles. The third kappa shape index (κ3) is 2.98. The average Bonchev–Trinajstić information content (AvgIpc) is 2.63. The first-order valence-corrected chi connectivity index (χ1v) is 7.54. The molecule has 1 atom stereocenters. The summed E-state index contributed by atoms with van der Waals surface area (Å²) in [5.41, 5.74) is 7.87. The zero-order chi connectivity index (χ0) is 13.1. The molecule has 1 aromatic carbocycles. The Hall–Kier alpha value is -0.750. The maximum absolute atomic E-state index is 11.9. The van der Waals surface area contributed by atoms with Crippen LogP contribution in [0.5, 0.6) is 0 Å². The van der Waals surface area contributed by atoms with Gasteiger partial charge in [-0.05, 0) is 31.2 Å². The summed E-state index contributed by atoms with van der Waals surface area (Å²) in [6.07, 6.45) is 0.977. The van der Waals surface area contributed by atoms with E-state index in [1.54, 1.807) is 0 Å². The van der Waals surface area contributed by atoms with Crippen molar-refractivity contribution in [2.45, 2.75) is 11.3 Å². The van der Waals surface area contributed by atoms with Crippen molar-refractivity contribution in [2.24, 2.45) is 5.73 Å². The van der Waals surface area contributed by atoms with E-state index in [1.807, 2.05) is 7.05 Å². The van der Waals surface area contributed by atoms with Crippen LogP contribution in [0.2, 0.25) is 0 Å². The number of rotatable bonds is 5. The highest BCUT2D eigenvalue weighted by atomic mass is 32.2. The highest BCUT2D eigenvalue weighted by Gasteiger charge is 2.28. The van der Waals surface area contributed by atoms with E-state index in [0.29, 0.717) is 12.4 Å². The quantitative estimate of drug-likeness (QED) is 0.795. The van der Waals surface area contributed by atoms with Crippen molar-refractivity contribution in [2.75, 3.05) is 44.5 Å². The van der Waals surface area contributed by atoms with E-state index in [4.69, 9.17) is 5.73 Å². The van der Waals surface area contributed by atoms with Gasteiger partial charge in [0.05, 0.1) is 5.69 Å². The number of anilines is 1. The molecule has 1 heterocycles. The Balaban J connectivity index is 2.01. The molecule has 4 nitrogen and oxygen atoms in total. The molecule has 0 bridgehead atoms. The molecule has 0 spiro atoms. The molecule has 0 aromatic heterocycles. The second-order valence-corrected chi connectivity index (χ2v) is 6.21. The summed E-state index contributed by atoms with van der Waals surface area (Å²) >= 11 is -0.864. The standard InChI is InChI=1S/C13H21N3OS/c1-15(8-6-14)7-5-11-3-4-12-13(9-11)18(17)10-16(12)2/h3-4,9H,5-8,10,14H2,1-2H3. The van der Waals surface area contributed by atoms with E-state index in [-0.39, 0.29) is 0 Å². The van der Waals surface area contributed by atoms with Crippen LogP contribution in [0.3, 0.4) is 0 Å². The number of hydrogen-bond acceptors (Lipinski definition) is 4. The molecule has 0 amide bonds. The first kappa shape index (κ1) is 13.7. The van der Waals surface area contributed by atoms with Gasteiger partial charge in [0, 0.05) is 37.9 Å². The van der Waals surface area contributed by atoms with Crippen molar-refractivity contribution in [3.8, 4) is 0 Å². The summed E-state index contributed by atoms with van der Waals surface area (Å²) in [6, 6.07) is 6.30. The highest BCUT2D eigenvalue weighted by molar-refractivity contribution is 7.92. The van der Waals surface area contributed by atoms with Crippen molar-refractivity contribution in [1.82, 2.24) is 4.90 Å². The van der Waals surface area contributed by atoms with Gasteiger partial charge in [-0.2, -0.15) is 0 Å². The number of benzene rings is 1. The molecule has 0 fully saturated rings. The van der Waals surface area contributed by atoms with Crippen molar-refractivity contribution < 1.29 is 4.55 Å². The normalized spacial score (nSPS) is 18.5. The molecular formula is C13H21N3OS. The topological polar surface area (TPSA) is 55.6 Å². The van der Waals surface area contributed by atoms with E-state index in [0.717, 1.165) is 30.1 Å². The van der Waals surface area contributed by atoms with E-state index >= 15 is 0 Å². The Bertz CT molecular complexity index is 413. The number of nitrogens with zero attached hydrogens (tertiary/aromatic N) is 2. The van der Waals surface area contributed by atoms with E-state index in [2.05, 4.69) is 35.0 Å². The van der Waals surface area contributed by atoms with E-state index in [1.165, 1.54) is 5.56 Å². The molecule has 100 valence electrons. The Morgan fingerprint density at radius 2 is 2.22 bits per heavy atom. The smallest absolute Gasteiger partial charge is 0.183 e. The maximum atomic E-state index is 11.9. The van der Waals surface area contributed by atoms with Gasteiger partial charge in [-0.25, -0.2) is 0 Å². The minimum atomic E-state index is -0.864. The van der Waals surface area contributed by atoms with Gasteiger partial charge in [0.25, 0.3) is 0 Å². The van der Waals surface area contributed by atoms with Crippen LogP contribution >= 0.6 is 0 Å². The van der Waals surface area contributed by atoms with Gasteiger partial charge in [0.1, 0.15) is 0 Å². The number of fused-ring (bicyclic) bond motifs is 1. The molecule has 0 saturated heterocycles. The summed E-state index contributed by atoms with van der Waals surface area (Å²) in [5, 5.41) is 0. The largest absolute Gasteiger partial charge is 0.610 e. The lowest BCUT2D eigenvalue weighted by atomic mass is 10.1. The average molecular weight is 267 g/mol. The fraction of sp³-hybridized carbons (Fsp3) is 0.538. The van der Waals surface area contributed by atoms with Gasteiger partial charge in [-0.1, -0.05) is 6.07 Å². The summed E-state index contributed by atoms with van der Waals surface area (Å²) < 4.78 is 11.9. The first-order chi connectivity index (χ1) is 8.61. The Labute approximate surface area is 112 Å². The van der Waals surface area contributed by atoms with Crippen LogP contribution in [0.4, 0.5) is 5.69 Å². The van der Waals surface area contributed by atoms with Gasteiger partial charge in [-0.15, -0.1) is 0 Å². The summed E-state index contributed by atoms with van der Waals surface area (Å²) in [7, 11) is 4.06. The van der Waals surface area contributed by atoms with Crippen LogP contribution in [0.1, 0.15) is 5.56 Å². The second-order valence-electron chi connectivity index (χ2n) is 4.82. The third-order valence-electron chi connectivity index (χ3n) is 3.28. The summed E-state index contributed by atoms with van der Waals surface area (Å²) in [5.74, 6) is 0.617. The maximum Gasteiger partial charge on any atom is 0.183 e. The molecule has 0 radical (unpaired) electrons. The predicted molar refractivity (Wildman–Crippen MR) is 76.4 cm³/mol. The fourth-order valence-corrected chi connectivity index (χ4v) is 3.55. The van der Waals surface area contributed by atoms with Gasteiger partial charge in [-0.3, -0.25) is 0 Å². The second kappa shape index (κ2) is 5.93. The summed E-state index contributed by atoms with van der Waals surface area (Å²) in [4.78, 5) is 5.25. The monoisotopic (exact) mass is 267 g/mol. The summed E-state index contributed by atoms with van der Waals surface area (Å²) in [6.45, 7) is 2.59. The number of nitrogens with two attached hydrogens (primary N) is 1. The van der Waals surface area contributed by atoms with Crippen LogP contribution in [-0.2, 0) is 17.6 Å². The Kier molecular flexibility index (Phi) is 4.50. The Morgan fingerprint density at radius 3 is 2.94 bits per heavy atom. The minimum Gasteiger partial charge on any atom is -0.610 e. The molecular weight excluding hydrogens is 246 g/mol. The molecule has 1 aromatic rings. The lowest BCUT2D eigenvalue weighted by Crippen LogP contribution is -2.27. The van der Waals surface area contributed by atoms with E-state index < -0.39 is 11.2 Å². The van der Waals surface area contributed by atoms with Gasteiger partial charge in [0.15, 0.2) is 10.8 Å². The molecule has 2 N–H and O–H groups in total. The van der Waals surface area contributed by atoms with Gasteiger partial charge in [0.2, 0.25) is 0 Å². The molecule has 0 aliphatic carbocycles. The van der Waals surface area contributed by atoms with Crippen LogP contribution in [-0.4, -0.2) is 49.1 Å². The van der Waals surface area contributed by atoms with Crippen molar-refractivity contribution in [3.63, 3.8) is 0 Å². The van der Waals surface area contributed by atoms with Crippen LogP contribution in [0.25, 0.3) is 0 Å². The predicted octanol–water partition coefficient (Wildman–Crippen LogP) is 0.634. The zero-order valence-corrected chi connectivity index (χ0v) is 11.9. The molecule has 0 saturated carbocycles. The van der Waals surface area contributed by atoms with Crippen molar-refractivity contribution >= 4 is 16.9 Å². The molecule has 2 rings (SSSR count). The van der Waals surface area contributed by atoms with Gasteiger partial charge < -0.3 is 20.1 Å². The molecule has 1 aliphatic rings. The van der Waals surface area contributed by atoms with Crippen LogP contribution in [0.15, 0.2) is 23.1 Å². The zero-order valence-electron chi connectivity index (χ0n) is 11.1. The van der Waals surface area contributed by atoms with Crippen LogP contribution in [0, 0.1) is 0 Å². The number of likely N-dealkylation sites (N-methyl/N-ethyl adjacent to an activating group) is 1. The van der Waals surface area contributed by atoms with Crippen LogP contribution < -0.4 is 10.6 Å². The van der Waals surface area contributed by atoms with E-state index in [9.17, 15) is 4.55 Å². The SMILES string of the molecule is CN(CCN)CCc1ccc2c(c1)[S+]([O-])CN2C. The molecule has 1 unspecified atom stereocenters. The Morgan fingerprint density at radius 1 is 1.44 bits per heavy atom. The first-order valence-electron chi connectivity index (χ1n) is 6.23. The van der Waals surface area contributed by atoms with Crippen molar-refractivity contribution in [3.05, 3.63) is 23.8 Å². The minimum absolute atomic E-state index is 0.617. The highest BCUT2D eigenvalue weighted by Crippen LogP contribution is 2.33. The molecule has 18 heavy (non-hydrogen) atoms. The third-order valence-corrected chi connectivity index (χ3v) is 4.72. The number of hydrogen-bond donors (Lipinski definition) is 1. The van der Waals surface area contributed by atoms with Gasteiger partial charge >= 0.3 is 0 Å².